The van der Waals surface area contributed by atoms with Crippen molar-refractivity contribution in [3.05, 3.63) is 29.8 Å². The number of aldehydes is 1. The Bertz CT molecular complexity index is 688. The molecule has 1 aromatic carbocycles. The van der Waals surface area contributed by atoms with Crippen LogP contribution in [0.2, 0.25) is 0 Å². The maximum atomic E-state index is 13.4. The lowest BCUT2D eigenvalue weighted by molar-refractivity contribution is -0.396. The molecule has 0 saturated heterocycles. The normalized spacial score (nSPS) is 14.4. The monoisotopic (exact) mass is 468 g/mol. The van der Waals surface area contributed by atoms with Gasteiger partial charge in [0.05, 0.1) is 13.2 Å². The van der Waals surface area contributed by atoms with Crippen LogP contribution < -0.4 is 4.74 Å². The molecule has 0 amide bonds. The Morgan fingerprint density at radius 1 is 0.903 bits per heavy atom. The van der Waals surface area contributed by atoms with Gasteiger partial charge >= 0.3 is 23.9 Å². The van der Waals surface area contributed by atoms with Crippen molar-refractivity contribution in [2.45, 2.75) is 56.7 Å². The number of ether oxygens (including phenoxy) is 2. The van der Waals surface area contributed by atoms with Gasteiger partial charge in [0.2, 0.25) is 0 Å². The highest BCUT2D eigenvalue weighted by Gasteiger charge is 2.81. The Hall–Kier alpha value is -1.98. The van der Waals surface area contributed by atoms with E-state index in [1.807, 2.05) is 0 Å². The van der Waals surface area contributed by atoms with E-state index in [-0.39, 0.29) is 18.3 Å². The number of hydrogen-bond donors (Lipinski definition) is 0. The molecule has 0 unspecified atom stereocenters. The molecule has 178 valence electrons. The third kappa shape index (κ3) is 7.01. The van der Waals surface area contributed by atoms with Gasteiger partial charge in [0.15, 0.2) is 0 Å². The number of rotatable bonds is 13. The molecule has 0 aromatic heterocycles. The minimum atomic E-state index is -6.88. The molecule has 0 fully saturated rings. The minimum absolute atomic E-state index is 0.136. The zero-order valence-corrected chi connectivity index (χ0v) is 16.3. The number of hydrogen-bond acceptors (Lipinski definition) is 3. The standard InChI is InChI=1S/C19H21F9O3/c1-13(11-29)7-10-30-12-14-3-5-15(6-4-14)31-9-2-8-16(20,21)17(22,23)18(24,25)19(26,27)28/h3-6,11,13H,2,7-10,12H2,1H3/t13-/m1/s1. The topological polar surface area (TPSA) is 35.5 Å². The summed E-state index contributed by atoms with van der Waals surface area (Å²) in [5.41, 5.74) is 0.715. The maximum Gasteiger partial charge on any atom is 0.460 e. The van der Waals surface area contributed by atoms with Crippen LogP contribution in [0.5, 0.6) is 5.75 Å². The smallest absolute Gasteiger partial charge is 0.460 e. The molecule has 0 radical (unpaired) electrons. The SMILES string of the molecule is C[C@@H](C=O)CCOCc1ccc(OCCCC(F)(F)C(F)(F)C(F)(F)C(F)(F)F)cc1. The lowest BCUT2D eigenvalue weighted by Gasteiger charge is -2.33. The molecule has 0 aliphatic carbocycles. The Morgan fingerprint density at radius 2 is 1.48 bits per heavy atom. The molecule has 1 rings (SSSR count). The third-order valence-corrected chi connectivity index (χ3v) is 4.26. The van der Waals surface area contributed by atoms with Gasteiger partial charge in [-0.1, -0.05) is 19.1 Å². The van der Waals surface area contributed by atoms with Crippen molar-refractivity contribution >= 4 is 6.29 Å². The van der Waals surface area contributed by atoms with E-state index in [2.05, 4.69) is 0 Å². The van der Waals surface area contributed by atoms with Crippen LogP contribution in [-0.4, -0.2) is 43.4 Å². The minimum Gasteiger partial charge on any atom is -0.494 e. The van der Waals surface area contributed by atoms with E-state index >= 15 is 0 Å². The highest BCUT2D eigenvalue weighted by atomic mass is 19.4. The van der Waals surface area contributed by atoms with Gasteiger partial charge in [0.25, 0.3) is 0 Å². The average molecular weight is 468 g/mol. The largest absolute Gasteiger partial charge is 0.494 e. The molecule has 0 aliphatic heterocycles. The van der Waals surface area contributed by atoms with Gasteiger partial charge in [-0.3, -0.25) is 0 Å². The molecule has 0 spiro atoms. The van der Waals surface area contributed by atoms with Gasteiger partial charge in [0, 0.05) is 18.9 Å². The maximum absolute atomic E-state index is 13.4. The fourth-order valence-corrected chi connectivity index (χ4v) is 2.26. The van der Waals surface area contributed by atoms with Crippen LogP contribution in [0.4, 0.5) is 39.5 Å². The van der Waals surface area contributed by atoms with E-state index in [0.29, 0.717) is 18.6 Å². The van der Waals surface area contributed by atoms with Crippen molar-refractivity contribution < 1.29 is 53.8 Å². The summed E-state index contributed by atoms with van der Waals surface area (Å²) in [6.45, 7) is 1.70. The molecule has 1 aromatic rings. The zero-order chi connectivity index (χ0) is 23.9. The Labute approximate surface area is 172 Å². The quantitative estimate of drug-likeness (QED) is 0.201. The van der Waals surface area contributed by atoms with Crippen LogP contribution in [0, 0.1) is 5.92 Å². The van der Waals surface area contributed by atoms with Gasteiger partial charge in [-0.25, -0.2) is 0 Å². The summed E-state index contributed by atoms with van der Waals surface area (Å²) in [7, 11) is 0. The van der Waals surface area contributed by atoms with E-state index in [9.17, 15) is 44.3 Å². The van der Waals surface area contributed by atoms with Crippen molar-refractivity contribution in [2.24, 2.45) is 5.92 Å². The summed E-state index contributed by atoms with van der Waals surface area (Å²) < 4.78 is 125. The van der Waals surface area contributed by atoms with Crippen LogP contribution >= 0.6 is 0 Å². The van der Waals surface area contributed by atoms with Crippen molar-refractivity contribution in [1.82, 2.24) is 0 Å². The molecule has 0 bridgehead atoms. The van der Waals surface area contributed by atoms with Gasteiger partial charge in [-0.15, -0.1) is 0 Å². The van der Waals surface area contributed by atoms with Crippen molar-refractivity contribution in [1.29, 1.82) is 0 Å². The first-order valence-electron chi connectivity index (χ1n) is 9.10. The van der Waals surface area contributed by atoms with E-state index in [4.69, 9.17) is 9.47 Å². The van der Waals surface area contributed by atoms with Crippen LogP contribution in [0.3, 0.4) is 0 Å². The Morgan fingerprint density at radius 3 is 2.00 bits per heavy atom. The van der Waals surface area contributed by atoms with E-state index in [1.54, 1.807) is 19.1 Å². The fraction of sp³-hybridized carbons (Fsp3) is 0.632. The van der Waals surface area contributed by atoms with Crippen LogP contribution in [-0.2, 0) is 16.1 Å². The van der Waals surface area contributed by atoms with Crippen molar-refractivity contribution in [2.75, 3.05) is 13.2 Å². The molecule has 31 heavy (non-hydrogen) atoms. The zero-order valence-electron chi connectivity index (χ0n) is 16.3. The van der Waals surface area contributed by atoms with Crippen molar-refractivity contribution in [3.8, 4) is 5.75 Å². The van der Waals surface area contributed by atoms with Crippen LogP contribution in [0.15, 0.2) is 24.3 Å². The third-order valence-electron chi connectivity index (χ3n) is 4.26. The van der Waals surface area contributed by atoms with Crippen LogP contribution in [0.25, 0.3) is 0 Å². The Kier molecular flexibility index (Phi) is 9.21. The first-order chi connectivity index (χ1) is 14.2. The molecule has 12 heteroatoms. The molecule has 3 nitrogen and oxygen atoms in total. The second-order valence-corrected chi connectivity index (χ2v) is 6.90. The summed E-state index contributed by atoms with van der Waals surface area (Å²) in [6.07, 6.45) is -8.31. The predicted octanol–water partition coefficient (Wildman–Crippen LogP) is 6.06. The predicted molar refractivity (Wildman–Crippen MR) is 91.6 cm³/mol. The molecule has 0 N–H and O–H groups in total. The summed E-state index contributed by atoms with van der Waals surface area (Å²) in [6, 6.07) is 5.95. The highest BCUT2D eigenvalue weighted by Crippen LogP contribution is 2.54. The molecular formula is C19H21F9O3. The molecule has 1 atom stereocenters. The number of benzene rings is 1. The average Bonchev–Trinajstić information content (AvgIpc) is 2.68. The van der Waals surface area contributed by atoms with Gasteiger partial charge in [-0.05, 0) is 30.5 Å². The lowest BCUT2D eigenvalue weighted by atomic mass is 10.00. The van der Waals surface area contributed by atoms with E-state index < -0.39 is 43.4 Å². The highest BCUT2D eigenvalue weighted by molar-refractivity contribution is 5.52. The number of carbonyl (C=O) groups is 1. The molecule has 0 saturated carbocycles. The van der Waals surface area contributed by atoms with E-state index in [1.165, 1.54) is 12.1 Å². The van der Waals surface area contributed by atoms with Crippen molar-refractivity contribution in [3.63, 3.8) is 0 Å². The number of halogens is 9. The van der Waals surface area contributed by atoms with Gasteiger partial charge < -0.3 is 14.3 Å². The second kappa shape index (κ2) is 10.6. The summed E-state index contributed by atoms with van der Waals surface area (Å²) in [5, 5.41) is 0. The second-order valence-electron chi connectivity index (χ2n) is 6.90. The lowest BCUT2D eigenvalue weighted by Crippen LogP contribution is -2.60. The first-order valence-corrected chi connectivity index (χ1v) is 9.10. The summed E-state index contributed by atoms with van der Waals surface area (Å²) in [4.78, 5) is 10.5. The van der Waals surface area contributed by atoms with Gasteiger partial charge in [0.1, 0.15) is 12.0 Å². The van der Waals surface area contributed by atoms with Gasteiger partial charge in [-0.2, -0.15) is 39.5 Å². The molecule has 0 heterocycles. The van der Waals surface area contributed by atoms with E-state index in [0.717, 1.165) is 6.29 Å². The molecule has 0 aliphatic rings. The Balaban J connectivity index is 2.49. The summed E-state index contributed by atoms with van der Waals surface area (Å²) >= 11 is 0. The number of alkyl halides is 9. The first kappa shape index (κ1) is 27.1. The number of carbonyl (C=O) groups excluding carboxylic acids is 1. The summed E-state index contributed by atoms with van der Waals surface area (Å²) in [5.74, 6) is -19.1. The molecular weight excluding hydrogens is 447 g/mol. The fourth-order valence-electron chi connectivity index (χ4n) is 2.26. The van der Waals surface area contributed by atoms with Crippen LogP contribution in [0.1, 0.15) is 31.7 Å².